The lowest BCUT2D eigenvalue weighted by Gasteiger charge is -2.22. The molecule has 0 atom stereocenters. The molecule has 140 valence electrons. The standard InChI is InChI=1S/C18H20Cl2N2O3S/c1-26(24,25)22(17-7-3-2-6-16(17)20)13-18(23)21-12-4-5-14-8-10-15(19)11-9-14/h2-3,6-11H,4-5,12-13H2,1H3,(H,21,23). The quantitative estimate of drug-likeness (QED) is 0.671. The predicted octanol–water partition coefficient (Wildman–Crippen LogP) is 3.51. The number of sulfonamides is 1. The number of aryl methyl sites for hydroxylation is 1. The molecule has 0 saturated carbocycles. The van der Waals surface area contributed by atoms with Crippen molar-refractivity contribution in [1.82, 2.24) is 5.32 Å². The van der Waals surface area contributed by atoms with Gasteiger partial charge in [-0.05, 0) is 42.7 Å². The first-order valence-electron chi connectivity index (χ1n) is 8.01. The van der Waals surface area contributed by atoms with Crippen LogP contribution in [0.4, 0.5) is 5.69 Å². The molecule has 0 spiro atoms. The van der Waals surface area contributed by atoms with Crippen LogP contribution in [0.25, 0.3) is 0 Å². The van der Waals surface area contributed by atoms with Crippen molar-refractivity contribution in [3.8, 4) is 0 Å². The average molecular weight is 415 g/mol. The van der Waals surface area contributed by atoms with Crippen molar-refractivity contribution in [1.29, 1.82) is 0 Å². The molecular weight excluding hydrogens is 395 g/mol. The second kappa shape index (κ2) is 9.26. The largest absolute Gasteiger partial charge is 0.355 e. The zero-order chi connectivity index (χ0) is 19.2. The Labute approximate surface area is 164 Å². The summed E-state index contributed by atoms with van der Waals surface area (Å²) >= 11 is 11.9. The summed E-state index contributed by atoms with van der Waals surface area (Å²) in [5.74, 6) is -0.383. The van der Waals surface area contributed by atoms with Crippen LogP contribution in [-0.2, 0) is 21.2 Å². The van der Waals surface area contributed by atoms with Crippen LogP contribution < -0.4 is 9.62 Å². The molecule has 0 fully saturated rings. The van der Waals surface area contributed by atoms with Crippen molar-refractivity contribution in [2.24, 2.45) is 0 Å². The number of rotatable bonds is 8. The topological polar surface area (TPSA) is 66.5 Å². The van der Waals surface area contributed by atoms with Gasteiger partial charge in [0.25, 0.3) is 0 Å². The van der Waals surface area contributed by atoms with E-state index in [1.54, 1.807) is 24.3 Å². The van der Waals surface area contributed by atoms with E-state index >= 15 is 0 Å². The molecule has 2 aromatic rings. The SMILES string of the molecule is CS(=O)(=O)N(CC(=O)NCCCc1ccc(Cl)cc1)c1ccccc1Cl. The number of hydrogen-bond acceptors (Lipinski definition) is 3. The van der Waals surface area contributed by atoms with Crippen LogP contribution >= 0.6 is 23.2 Å². The molecule has 8 heteroatoms. The van der Waals surface area contributed by atoms with Crippen molar-refractivity contribution >= 4 is 44.8 Å². The molecule has 0 saturated heterocycles. The van der Waals surface area contributed by atoms with Gasteiger partial charge >= 0.3 is 0 Å². The molecule has 0 radical (unpaired) electrons. The molecule has 0 aliphatic heterocycles. The number of nitrogens with one attached hydrogen (secondary N) is 1. The average Bonchev–Trinajstić information content (AvgIpc) is 2.58. The van der Waals surface area contributed by atoms with Gasteiger partial charge < -0.3 is 5.32 Å². The summed E-state index contributed by atoms with van der Waals surface area (Å²) in [6.07, 6.45) is 2.57. The molecule has 2 aromatic carbocycles. The van der Waals surface area contributed by atoms with E-state index in [-0.39, 0.29) is 23.2 Å². The Morgan fingerprint density at radius 3 is 2.35 bits per heavy atom. The summed E-state index contributed by atoms with van der Waals surface area (Å²) in [5.41, 5.74) is 1.41. The fourth-order valence-corrected chi connectivity index (χ4v) is 3.67. The molecule has 1 amide bonds. The Balaban J connectivity index is 1.89. The summed E-state index contributed by atoms with van der Waals surface area (Å²) in [4.78, 5) is 12.2. The number of nitrogens with zero attached hydrogens (tertiary/aromatic N) is 1. The van der Waals surface area contributed by atoms with E-state index in [4.69, 9.17) is 23.2 Å². The van der Waals surface area contributed by atoms with Crippen LogP contribution in [0.3, 0.4) is 0 Å². The lowest BCUT2D eigenvalue weighted by Crippen LogP contribution is -2.40. The molecule has 2 rings (SSSR count). The van der Waals surface area contributed by atoms with Gasteiger partial charge in [-0.25, -0.2) is 8.42 Å². The van der Waals surface area contributed by atoms with Crippen molar-refractivity contribution in [2.45, 2.75) is 12.8 Å². The van der Waals surface area contributed by atoms with Gasteiger partial charge in [0.05, 0.1) is 17.0 Å². The Kier molecular flexibility index (Phi) is 7.32. The minimum Gasteiger partial charge on any atom is -0.355 e. The van der Waals surface area contributed by atoms with Crippen molar-refractivity contribution < 1.29 is 13.2 Å². The summed E-state index contributed by atoms with van der Waals surface area (Å²) in [6.45, 7) is 0.130. The van der Waals surface area contributed by atoms with Gasteiger partial charge in [0.1, 0.15) is 6.54 Å². The summed E-state index contributed by atoms with van der Waals surface area (Å²) in [7, 11) is -3.64. The normalized spacial score (nSPS) is 11.2. The fourth-order valence-electron chi connectivity index (χ4n) is 2.39. The number of anilines is 1. The second-order valence-corrected chi connectivity index (χ2v) is 8.55. The Bertz CT molecular complexity index is 855. The molecule has 1 N–H and O–H groups in total. The third-order valence-electron chi connectivity index (χ3n) is 3.69. The minimum atomic E-state index is -3.64. The molecule has 0 unspecified atom stereocenters. The van der Waals surface area contributed by atoms with Crippen LogP contribution in [0, 0.1) is 0 Å². The van der Waals surface area contributed by atoms with E-state index in [0.717, 1.165) is 29.0 Å². The molecule has 5 nitrogen and oxygen atoms in total. The molecule has 26 heavy (non-hydrogen) atoms. The third kappa shape index (κ3) is 6.20. The van der Waals surface area contributed by atoms with Crippen molar-refractivity contribution in [3.05, 3.63) is 64.1 Å². The van der Waals surface area contributed by atoms with Gasteiger partial charge in [-0.1, -0.05) is 47.5 Å². The number of para-hydroxylation sites is 1. The van der Waals surface area contributed by atoms with E-state index in [1.807, 2.05) is 24.3 Å². The summed E-state index contributed by atoms with van der Waals surface area (Å²) < 4.78 is 25.1. The molecule has 0 bridgehead atoms. The van der Waals surface area contributed by atoms with E-state index in [2.05, 4.69) is 5.32 Å². The maximum atomic E-state index is 12.2. The second-order valence-electron chi connectivity index (χ2n) is 5.80. The smallest absolute Gasteiger partial charge is 0.240 e. The predicted molar refractivity (Wildman–Crippen MR) is 106 cm³/mol. The zero-order valence-electron chi connectivity index (χ0n) is 14.3. The van der Waals surface area contributed by atoms with Crippen molar-refractivity contribution in [2.75, 3.05) is 23.7 Å². The highest BCUT2D eigenvalue weighted by molar-refractivity contribution is 7.92. The van der Waals surface area contributed by atoms with Gasteiger partial charge in [0, 0.05) is 11.6 Å². The maximum absolute atomic E-state index is 12.2. The van der Waals surface area contributed by atoms with Gasteiger partial charge in [-0.2, -0.15) is 0 Å². The Morgan fingerprint density at radius 2 is 1.73 bits per heavy atom. The first kappa shape index (κ1) is 20.6. The minimum absolute atomic E-state index is 0.272. The van der Waals surface area contributed by atoms with E-state index in [1.165, 1.54) is 0 Å². The van der Waals surface area contributed by atoms with Crippen LogP contribution in [-0.4, -0.2) is 33.7 Å². The Morgan fingerprint density at radius 1 is 1.08 bits per heavy atom. The Hall–Kier alpha value is -1.76. The van der Waals surface area contributed by atoms with Gasteiger partial charge in [-0.3, -0.25) is 9.10 Å². The monoisotopic (exact) mass is 414 g/mol. The molecular formula is C18H20Cl2N2O3S. The zero-order valence-corrected chi connectivity index (χ0v) is 16.6. The van der Waals surface area contributed by atoms with Crippen LogP contribution in [0.2, 0.25) is 10.0 Å². The van der Waals surface area contributed by atoms with Crippen molar-refractivity contribution in [3.63, 3.8) is 0 Å². The van der Waals surface area contributed by atoms with E-state index < -0.39 is 10.0 Å². The highest BCUT2D eigenvalue weighted by Gasteiger charge is 2.22. The van der Waals surface area contributed by atoms with Gasteiger partial charge in [0.15, 0.2) is 0 Å². The lowest BCUT2D eigenvalue weighted by atomic mass is 10.1. The highest BCUT2D eigenvalue weighted by atomic mass is 35.5. The molecule has 0 heterocycles. The number of carbonyl (C=O) groups excluding carboxylic acids is 1. The number of hydrogen-bond donors (Lipinski definition) is 1. The number of carbonyl (C=O) groups is 1. The number of amides is 1. The molecule has 0 aliphatic rings. The fraction of sp³-hybridized carbons (Fsp3) is 0.278. The van der Waals surface area contributed by atoms with E-state index in [0.29, 0.717) is 11.6 Å². The first-order valence-corrected chi connectivity index (χ1v) is 10.6. The van der Waals surface area contributed by atoms with Crippen LogP contribution in [0.5, 0.6) is 0 Å². The lowest BCUT2D eigenvalue weighted by molar-refractivity contribution is -0.119. The number of halogens is 2. The summed E-state index contributed by atoms with van der Waals surface area (Å²) in [6, 6.07) is 14.0. The van der Waals surface area contributed by atoms with Crippen LogP contribution in [0.15, 0.2) is 48.5 Å². The van der Waals surface area contributed by atoms with Gasteiger partial charge in [0.2, 0.25) is 15.9 Å². The van der Waals surface area contributed by atoms with Crippen LogP contribution in [0.1, 0.15) is 12.0 Å². The highest BCUT2D eigenvalue weighted by Crippen LogP contribution is 2.26. The molecule has 0 aromatic heterocycles. The molecule has 0 aliphatic carbocycles. The van der Waals surface area contributed by atoms with Gasteiger partial charge in [-0.15, -0.1) is 0 Å². The first-order chi connectivity index (χ1) is 12.3. The number of benzene rings is 2. The summed E-state index contributed by atoms with van der Waals surface area (Å²) in [5, 5.41) is 3.70. The van der Waals surface area contributed by atoms with E-state index in [9.17, 15) is 13.2 Å². The third-order valence-corrected chi connectivity index (χ3v) is 5.38. The maximum Gasteiger partial charge on any atom is 0.240 e.